The number of halogens is 1. The lowest BCUT2D eigenvalue weighted by Crippen LogP contribution is -2.30. The molecule has 0 spiro atoms. The van der Waals surface area contributed by atoms with Crippen molar-refractivity contribution in [1.82, 2.24) is 24.8 Å². The molecule has 0 bridgehead atoms. The Morgan fingerprint density at radius 2 is 1.71 bits per heavy atom. The number of rotatable bonds is 9. The molecule has 3 aromatic carbocycles. The Bertz CT molecular complexity index is 2000. The molecule has 42 heavy (non-hydrogen) atoms. The van der Waals surface area contributed by atoms with Gasteiger partial charge in [-0.15, -0.1) is 0 Å². The molecule has 3 aromatic heterocycles. The van der Waals surface area contributed by atoms with Crippen LogP contribution in [0.1, 0.15) is 48.1 Å². The number of unbranched alkanes of at least 4 members (excludes halogenated alkanes) is 1. The summed E-state index contributed by atoms with van der Waals surface area (Å²) in [6.45, 7) is 4.09. The zero-order valence-corrected chi connectivity index (χ0v) is 23.2. The summed E-state index contributed by atoms with van der Waals surface area (Å²) < 4.78 is 25.3. The highest BCUT2D eigenvalue weighted by atomic mass is 19.1. The molecule has 10 heteroatoms. The van der Waals surface area contributed by atoms with Gasteiger partial charge in [-0.25, -0.2) is 14.2 Å². The minimum absolute atomic E-state index is 0.128. The molecule has 0 fully saturated rings. The van der Waals surface area contributed by atoms with Crippen molar-refractivity contribution in [2.45, 2.75) is 46.1 Å². The molecular weight excluding hydrogens is 537 g/mol. The predicted octanol–water partition coefficient (Wildman–Crippen LogP) is 5.82. The summed E-state index contributed by atoms with van der Waals surface area (Å²) >= 11 is 0. The lowest BCUT2D eigenvalue weighted by molar-refractivity contribution is 0.388. The van der Waals surface area contributed by atoms with Crippen molar-refractivity contribution in [3.8, 4) is 22.5 Å². The second kappa shape index (κ2) is 11.4. The standard InChI is InChI=1S/C32H28FN5O4/c1-3-4-9-27-26(31(39)38(19(2)34-27)18-28-25-15-14-22(33)17-29(25)41-36-28)16-20-10-12-21(13-11-20)23-7-5-6-8-24(23)30-35-32(40)42-37-30/h5-8,10-15,17H,3-4,9,16,18H2,1-2H3,(H,35,37,40). The zero-order chi connectivity index (χ0) is 29.2. The van der Waals surface area contributed by atoms with Crippen LogP contribution >= 0.6 is 0 Å². The first-order chi connectivity index (χ1) is 20.4. The number of H-pyrrole nitrogens is 1. The summed E-state index contributed by atoms with van der Waals surface area (Å²) in [6, 6.07) is 19.8. The molecule has 0 radical (unpaired) electrons. The molecule has 0 saturated carbocycles. The Morgan fingerprint density at radius 1 is 0.929 bits per heavy atom. The van der Waals surface area contributed by atoms with Crippen LogP contribution in [0.4, 0.5) is 4.39 Å². The van der Waals surface area contributed by atoms with Crippen LogP contribution in [0.3, 0.4) is 0 Å². The minimum Gasteiger partial charge on any atom is -0.356 e. The number of hydrogen-bond donors (Lipinski definition) is 1. The van der Waals surface area contributed by atoms with Crippen LogP contribution in [0.2, 0.25) is 0 Å². The SMILES string of the molecule is CCCCc1nc(C)n(Cc2noc3cc(F)ccc23)c(=O)c1Cc1ccc(-c2ccccc2-c2noc(=O)[nH]2)cc1. The molecule has 6 rings (SSSR count). The van der Waals surface area contributed by atoms with E-state index < -0.39 is 11.6 Å². The summed E-state index contributed by atoms with van der Waals surface area (Å²) in [5, 5.41) is 8.60. The van der Waals surface area contributed by atoms with Crippen LogP contribution < -0.4 is 11.3 Å². The van der Waals surface area contributed by atoms with E-state index in [0.29, 0.717) is 46.7 Å². The van der Waals surface area contributed by atoms with Crippen molar-refractivity contribution in [3.63, 3.8) is 0 Å². The summed E-state index contributed by atoms with van der Waals surface area (Å²) in [4.78, 5) is 32.9. The normalized spacial score (nSPS) is 11.4. The first kappa shape index (κ1) is 27.1. The van der Waals surface area contributed by atoms with Gasteiger partial charge in [0.05, 0.1) is 12.2 Å². The van der Waals surface area contributed by atoms with Gasteiger partial charge in [0, 0.05) is 29.0 Å². The molecule has 1 N–H and O–H groups in total. The Balaban J connectivity index is 1.34. The smallest absolute Gasteiger partial charge is 0.356 e. The molecule has 0 atom stereocenters. The molecule has 0 amide bonds. The Hall–Kier alpha value is -5.12. The topological polar surface area (TPSA) is 120 Å². The van der Waals surface area contributed by atoms with E-state index in [0.717, 1.165) is 40.8 Å². The fourth-order valence-corrected chi connectivity index (χ4v) is 5.19. The summed E-state index contributed by atoms with van der Waals surface area (Å²) in [5.74, 6) is -0.0788. The van der Waals surface area contributed by atoms with E-state index in [-0.39, 0.29) is 12.1 Å². The van der Waals surface area contributed by atoms with Crippen molar-refractivity contribution >= 4 is 11.0 Å². The Kier molecular flexibility index (Phi) is 7.35. The average molecular weight is 566 g/mol. The first-order valence-electron chi connectivity index (χ1n) is 13.8. The molecule has 3 heterocycles. The van der Waals surface area contributed by atoms with Gasteiger partial charge in [-0.05, 0) is 48.6 Å². The van der Waals surface area contributed by atoms with Gasteiger partial charge in [0.15, 0.2) is 11.4 Å². The van der Waals surface area contributed by atoms with Crippen molar-refractivity contribution in [3.05, 3.63) is 122 Å². The van der Waals surface area contributed by atoms with Crippen LogP contribution in [0.25, 0.3) is 33.5 Å². The van der Waals surface area contributed by atoms with Crippen molar-refractivity contribution in [2.75, 3.05) is 0 Å². The van der Waals surface area contributed by atoms with Crippen molar-refractivity contribution in [2.24, 2.45) is 0 Å². The molecule has 212 valence electrons. The fraction of sp³-hybridized carbons (Fsp3) is 0.219. The van der Waals surface area contributed by atoms with Crippen LogP contribution in [0.15, 0.2) is 85.4 Å². The lowest BCUT2D eigenvalue weighted by Gasteiger charge is -2.15. The lowest BCUT2D eigenvalue weighted by atomic mass is 9.96. The Morgan fingerprint density at radius 3 is 2.45 bits per heavy atom. The fourth-order valence-electron chi connectivity index (χ4n) is 5.19. The number of aromatic nitrogens is 5. The molecule has 9 nitrogen and oxygen atoms in total. The van der Waals surface area contributed by atoms with E-state index in [4.69, 9.17) is 14.0 Å². The average Bonchev–Trinajstić information content (AvgIpc) is 3.61. The van der Waals surface area contributed by atoms with Gasteiger partial charge in [-0.3, -0.25) is 18.9 Å². The second-order valence-electron chi connectivity index (χ2n) is 10.2. The van der Waals surface area contributed by atoms with Gasteiger partial charge >= 0.3 is 5.76 Å². The van der Waals surface area contributed by atoms with E-state index in [1.807, 2.05) is 55.5 Å². The van der Waals surface area contributed by atoms with E-state index in [2.05, 4.69) is 22.2 Å². The summed E-state index contributed by atoms with van der Waals surface area (Å²) in [7, 11) is 0. The predicted molar refractivity (Wildman–Crippen MR) is 156 cm³/mol. The third-order valence-corrected chi connectivity index (χ3v) is 7.39. The van der Waals surface area contributed by atoms with E-state index in [1.165, 1.54) is 12.1 Å². The molecule has 0 aliphatic rings. The van der Waals surface area contributed by atoms with Gasteiger partial charge in [-0.2, -0.15) is 0 Å². The monoisotopic (exact) mass is 565 g/mol. The number of benzene rings is 3. The first-order valence-corrected chi connectivity index (χ1v) is 13.8. The highest BCUT2D eigenvalue weighted by Gasteiger charge is 2.18. The van der Waals surface area contributed by atoms with E-state index >= 15 is 0 Å². The molecule has 0 unspecified atom stereocenters. The van der Waals surface area contributed by atoms with E-state index in [1.54, 1.807) is 10.6 Å². The van der Waals surface area contributed by atoms with Gasteiger partial charge in [-0.1, -0.05) is 72.2 Å². The number of hydrogen-bond acceptors (Lipinski definition) is 7. The zero-order valence-electron chi connectivity index (χ0n) is 23.2. The molecule has 6 aromatic rings. The van der Waals surface area contributed by atoms with Gasteiger partial charge in [0.2, 0.25) is 0 Å². The van der Waals surface area contributed by atoms with E-state index in [9.17, 15) is 14.0 Å². The highest BCUT2D eigenvalue weighted by molar-refractivity contribution is 5.80. The van der Waals surface area contributed by atoms with Gasteiger partial charge < -0.3 is 4.52 Å². The van der Waals surface area contributed by atoms with Crippen LogP contribution in [0.5, 0.6) is 0 Å². The summed E-state index contributed by atoms with van der Waals surface area (Å²) in [5.41, 5.74) is 5.70. The summed E-state index contributed by atoms with van der Waals surface area (Å²) in [6.07, 6.45) is 3.02. The minimum atomic E-state index is -0.614. The molecule has 0 aliphatic heterocycles. The highest BCUT2D eigenvalue weighted by Crippen LogP contribution is 2.30. The van der Waals surface area contributed by atoms with Crippen LogP contribution in [0, 0.1) is 12.7 Å². The van der Waals surface area contributed by atoms with Gasteiger partial charge in [0.25, 0.3) is 5.56 Å². The second-order valence-corrected chi connectivity index (χ2v) is 10.2. The maximum absolute atomic E-state index is 13.9. The Labute approximate surface area is 239 Å². The van der Waals surface area contributed by atoms with Crippen molar-refractivity contribution in [1.29, 1.82) is 0 Å². The van der Waals surface area contributed by atoms with Crippen molar-refractivity contribution < 1.29 is 13.4 Å². The molecular formula is C32H28FN5O4. The third-order valence-electron chi connectivity index (χ3n) is 7.39. The van der Waals surface area contributed by atoms with Gasteiger partial charge in [0.1, 0.15) is 17.3 Å². The quantitative estimate of drug-likeness (QED) is 0.234. The number of nitrogens with zero attached hydrogens (tertiary/aromatic N) is 4. The maximum Gasteiger partial charge on any atom is 0.439 e. The number of fused-ring (bicyclic) bond motifs is 1. The molecule has 0 aliphatic carbocycles. The maximum atomic E-state index is 13.9. The molecule has 0 saturated heterocycles. The largest absolute Gasteiger partial charge is 0.439 e. The number of aryl methyl sites for hydroxylation is 2. The number of nitrogens with one attached hydrogen (secondary N) is 1. The van der Waals surface area contributed by atoms with Crippen LogP contribution in [-0.2, 0) is 19.4 Å². The third kappa shape index (κ3) is 5.30. The number of aromatic amines is 1. The van der Waals surface area contributed by atoms with Crippen LogP contribution in [-0.4, -0.2) is 24.8 Å².